The highest BCUT2D eigenvalue weighted by atomic mass is 79.9. The molecule has 1 rings (SSSR count). The standard InChI is InChI=1S/C14H22BrNO/c1-10-7-6-8-12(13(10)15)16-11(2)9-14(3,4)17-5/h6-8,11,16H,9H2,1-5H3. The molecule has 0 aliphatic carbocycles. The topological polar surface area (TPSA) is 21.3 Å². The third-order valence-corrected chi connectivity index (χ3v) is 4.00. The Morgan fingerprint density at radius 2 is 2.06 bits per heavy atom. The van der Waals surface area contributed by atoms with E-state index in [-0.39, 0.29) is 5.60 Å². The van der Waals surface area contributed by atoms with Crippen molar-refractivity contribution in [3.8, 4) is 0 Å². The predicted molar refractivity (Wildman–Crippen MR) is 77.7 cm³/mol. The molecule has 0 heterocycles. The number of rotatable bonds is 5. The van der Waals surface area contributed by atoms with Gasteiger partial charge in [0.1, 0.15) is 0 Å². The molecule has 0 amide bonds. The molecule has 0 spiro atoms. The lowest BCUT2D eigenvalue weighted by atomic mass is 9.99. The van der Waals surface area contributed by atoms with E-state index in [1.807, 2.05) is 0 Å². The molecule has 1 aromatic rings. The molecule has 1 aromatic carbocycles. The maximum atomic E-state index is 5.45. The van der Waals surface area contributed by atoms with Crippen LogP contribution in [0.5, 0.6) is 0 Å². The summed E-state index contributed by atoms with van der Waals surface area (Å²) >= 11 is 3.61. The smallest absolute Gasteiger partial charge is 0.0642 e. The summed E-state index contributed by atoms with van der Waals surface area (Å²) in [6.07, 6.45) is 0.962. The maximum absolute atomic E-state index is 5.45. The predicted octanol–water partition coefficient (Wildman–Crippen LogP) is 4.37. The Morgan fingerprint density at radius 3 is 2.65 bits per heavy atom. The highest BCUT2D eigenvalue weighted by molar-refractivity contribution is 9.10. The number of halogens is 1. The first-order valence-electron chi connectivity index (χ1n) is 5.92. The van der Waals surface area contributed by atoms with Gasteiger partial charge in [-0.15, -0.1) is 0 Å². The van der Waals surface area contributed by atoms with E-state index in [2.05, 4.69) is 67.1 Å². The molecule has 3 heteroatoms. The van der Waals surface area contributed by atoms with Crippen molar-refractivity contribution in [2.24, 2.45) is 0 Å². The Balaban J connectivity index is 2.68. The number of methoxy groups -OCH3 is 1. The first-order valence-corrected chi connectivity index (χ1v) is 6.72. The van der Waals surface area contributed by atoms with E-state index in [1.54, 1.807) is 7.11 Å². The summed E-state index contributed by atoms with van der Waals surface area (Å²) in [5, 5.41) is 3.51. The Morgan fingerprint density at radius 1 is 1.41 bits per heavy atom. The van der Waals surface area contributed by atoms with Gasteiger partial charge in [-0.1, -0.05) is 12.1 Å². The van der Waals surface area contributed by atoms with E-state index in [9.17, 15) is 0 Å². The average Bonchev–Trinajstić information content (AvgIpc) is 2.24. The summed E-state index contributed by atoms with van der Waals surface area (Å²) < 4.78 is 6.59. The van der Waals surface area contributed by atoms with Crippen molar-refractivity contribution in [2.75, 3.05) is 12.4 Å². The van der Waals surface area contributed by atoms with Crippen LogP contribution >= 0.6 is 15.9 Å². The minimum absolute atomic E-state index is 0.0945. The van der Waals surface area contributed by atoms with Crippen molar-refractivity contribution in [3.63, 3.8) is 0 Å². The Labute approximate surface area is 113 Å². The second-order valence-corrected chi connectivity index (χ2v) is 5.94. The van der Waals surface area contributed by atoms with Crippen LogP contribution in [0.3, 0.4) is 0 Å². The van der Waals surface area contributed by atoms with Crippen molar-refractivity contribution in [1.29, 1.82) is 0 Å². The number of nitrogens with one attached hydrogen (secondary N) is 1. The Hall–Kier alpha value is -0.540. The summed E-state index contributed by atoms with van der Waals surface area (Å²) in [5.41, 5.74) is 2.29. The van der Waals surface area contributed by atoms with Crippen molar-refractivity contribution in [1.82, 2.24) is 0 Å². The van der Waals surface area contributed by atoms with Crippen molar-refractivity contribution < 1.29 is 4.74 Å². The fourth-order valence-electron chi connectivity index (χ4n) is 1.90. The van der Waals surface area contributed by atoms with Crippen molar-refractivity contribution >= 4 is 21.6 Å². The van der Waals surface area contributed by atoms with Crippen molar-refractivity contribution in [3.05, 3.63) is 28.2 Å². The SMILES string of the molecule is COC(C)(C)CC(C)Nc1cccc(C)c1Br. The Kier molecular flexibility index (Phi) is 5.02. The highest BCUT2D eigenvalue weighted by Crippen LogP contribution is 2.27. The third-order valence-electron chi connectivity index (χ3n) is 2.94. The molecule has 1 atom stereocenters. The largest absolute Gasteiger partial charge is 0.382 e. The maximum Gasteiger partial charge on any atom is 0.0642 e. The summed E-state index contributed by atoms with van der Waals surface area (Å²) in [5.74, 6) is 0. The monoisotopic (exact) mass is 299 g/mol. The fraction of sp³-hybridized carbons (Fsp3) is 0.571. The van der Waals surface area contributed by atoms with Crippen LogP contribution in [0.4, 0.5) is 5.69 Å². The van der Waals surface area contributed by atoms with E-state index >= 15 is 0 Å². The molecule has 1 unspecified atom stereocenters. The number of benzene rings is 1. The van der Waals surface area contributed by atoms with Crippen LogP contribution in [0, 0.1) is 6.92 Å². The lowest BCUT2D eigenvalue weighted by Crippen LogP contribution is -2.31. The van der Waals surface area contributed by atoms with Gasteiger partial charge in [-0.3, -0.25) is 0 Å². The molecular formula is C14H22BrNO. The van der Waals surface area contributed by atoms with Crippen LogP contribution in [0.1, 0.15) is 32.8 Å². The van der Waals surface area contributed by atoms with Gasteiger partial charge in [0, 0.05) is 23.3 Å². The zero-order valence-electron chi connectivity index (χ0n) is 11.3. The first kappa shape index (κ1) is 14.5. The van der Waals surface area contributed by atoms with Gasteiger partial charge < -0.3 is 10.1 Å². The molecule has 0 aromatic heterocycles. The second-order valence-electron chi connectivity index (χ2n) is 5.15. The molecule has 2 nitrogen and oxygen atoms in total. The van der Waals surface area contributed by atoms with Gasteiger partial charge in [0.05, 0.1) is 5.60 Å². The fourth-order valence-corrected chi connectivity index (χ4v) is 2.27. The van der Waals surface area contributed by atoms with Crippen LogP contribution < -0.4 is 5.32 Å². The van der Waals surface area contributed by atoms with Gasteiger partial charge >= 0.3 is 0 Å². The summed E-state index contributed by atoms with van der Waals surface area (Å²) in [6, 6.07) is 6.62. The van der Waals surface area contributed by atoms with Gasteiger partial charge in [-0.05, 0) is 61.7 Å². The molecule has 0 fully saturated rings. The number of aryl methyl sites for hydroxylation is 1. The molecule has 0 radical (unpaired) electrons. The molecule has 96 valence electrons. The molecule has 0 bridgehead atoms. The number of hydrogen-bond acceptors (Lipinski definition) is 2. The van der Waals surface area contributed by atoms with E-state index in [4.69, 9.17) is 4.74 Å². The minimum Gasteiger partial charge on any atom is -0.382 e. The van der Waals surface area contributed by atoms with Crippen LogP contribution in [-0.4, -0.2) is 18.8 Å². The molecule has 0 aliphatic heterocycles. The van der Waals surface area contributed by atoms with E-state index in [0.717, 1.165) is 16.6 Å². The van der Waals surface area contributed by atoms with Gasteiger partial charge in [0.25, 0.3) is 0 Å². The van der Waals surface area contributed by atoms with E-state index in [1.165, 1.54) is 5.56 Å². The molecular weight excluding hydrogens is 278 g/mol. The third kappa shape index (κ3) is 4.32. The van der Waals surface area contributed by atoms with Crippen LogP contribution in [0.2, 0.25) is 0 Å². The molecule has 0 aliphatic rings. The normalized spacial score (nSPS) is 13.5. The van der Waals surface area contributed by atoms with Crippen LogP contribution in [-0.2, 0) is 4.74 Å². The zero-order valence-corrected chi connectivity index (χ0v) is 12.9. The molecule has 17 heavy (non-hydrogen) atoms. The number of anilines is 1. The molecule has 0 saturated carbocycles. The Bertz CT molecular complexity index is 376. The summed E-state index contributed by atoms with van der Waals surface area (Å²) in [7, 11) is 1.76. The minimum atomic E-state index is -0.0945. The first-order chi connectivity index (χ1) is 7.85. The second kappa shape index (κ2) is 5.87. The number of hydrogen-bond donors (Lipinski definition) is 1. The van der Waals surface area contributed by atoms with Crippen LogP contribution in [0.15, 0.2) is 22.7 Å². The lowest BCUT2D eigenvalue weighted by molar-refractivity contribution is 0.0128. The molecule has 0 saturated heterocycles. The van der Waals surface area contributed by atoms with Crippen LogP contribution in [0.25, 0.3) is 0 Å². The van der Waals surface area contributed by atoms with Gasteiger partial charge in [0.2, 0.25) is 0 Å². The quantitative estimate of drug-likeness (QED) is 0.871. The average molecular weight is 300 g/mol. The summed E-state index contributed by atoms with van der Waals surface area (Å²) in [4.78, 5) is 0. The summed E-state index contributed by atoms with van der Waals surface area (Å²) in [6.45, 7) is 8.49. The molecule has 1 N–H and O–H groups in total. The van der Waals surface area contributed by atoms with Gasteiger partial charge in [-0.2, -0.15) is 0 Å². The van der Waals surface area contributed by atoms with Gasteiger partial charge in [-0.25, -0.2) is 0 Å². The zero-order chi connectivity index (χ0) is 13.1. The lowest BCUT2D eigenvalue weighted by Gasteiger charge is -2.28. The van der Waals surface area contributed by atoms with E-state index < -0.39 is 0 Å². The highest BCUT2D eigenvalue weighted by Gasteiger charge is 2.20. The van der Waals surface area contributed by atoms with Crippen molar-refractivity contribution in [2.45, 2.75) is 45.8 Å². The number of ether oxygens (including phenoxy) is 1. The van der Waals surface area contributed by atoms with E-state index in [0.29, 0.717) is 6.04 Å². The van der Waals surface area contributed by atoms with Gasteiger partial charge in [0.15, 0.2) is 0 Å².